The van der Waals surface area contributed by atoms with Gasteiger partial charge in [0.15, 0.2) is 0 Å². The Bertz CT molecular complexity index is 1190. The molecule has 6 nitrogen and oxygen atoms in total. The van der Waals surface area contributed by atoms with E-state index in [1.807, 2.05) is 24.3 Å². The van der Waals surface area contributed by atoms with E-state index >= 15 is 0 Å². The van der Waals surface area contributed by atoms with E-state index in [1.165, 1.54) is 5.57 Å². The Balaban J connectivity index is 1.90. The second kappa shape index (κ2) is 8.33. The first-order chi connectivity index (χ1) is 15.3. The summed E-state index contributed by atoms with van der Waals surface area (Å²) in [5.74, 6) is 1.57. The highest BCUT2D eigenvalue weighted by Crippen LogP contribution is 2.48. The van der Waals surface area contributed by atoms with Crippen LogP contribution in [0.25, 0.3) is 0 Å². The summed E-state index contributed by atoms with van der Waals surface area (Å²) < 4.78 is 34.2. The molecule has 0 fully saturated rings. The second-order valence-corrected chi connectivity index (χ2v) is 9.44. The average molecular weight is 451 g/mol. The van der Waals surface area contributed by atoms with Crippen LogP contribution in [0, 0.1) is 0 Å². The lowest BCUT2D eigenvalue weighted by Crippen LogP contribution is -2.41. The molecule has 3 aromatic rings. The molecule has 0 saturated carbocycles. The Kier molecular flexibility index (Phi) is 5.71. The molecule has 1 heterocycles. The molecule has 7 heteroatoms. The standard InChI is InChI=1S/C25H26N2O4S/c1-18-16-25(19-4-10-22(30-2)11-5-19,20-6-12-23(31-3)13-7-20)27(17-18)21-8-14-24(15-9-21)32(26,28)29/h4-15,17H,16H2,1-3H3,(H2,26,28,29). The monoisotopic (exact) mass is 450 g/mol. The Morgan fingerprint density at radius 1 is 0.812 bits per heavy atom. The van der Waals surface area contributed by atoms with Crippen molar-refractivity contribution in [3.8, 4) is 11.5 Å². The fraction of sp³-hybridized carbons (Fsp3) is 0.200. The third kappa shape index (κ3) is 3.85. The predicted octanol–water partition coefficient (Wildman–Crippen LogP) is 4.41. The maximum atomic E-state index is 11.7. The minimum Gasteiger partial charge on any atom is -0.497 e. The van der Waals surface area contributed by atoms with Gasteiger partial charge in [-0.1, -0.05) is 29.8 Å². The van der Waals surface area contributed by atoms with E-state index in [9.17, 15) is 8.42 Å². The number of hydrogen-bond acceptors (Lipinski definition) is 5. The van der Waals surface area contributed by atoms with Crippen molar-refractivity contribution in [3.63, 3.8) is 0 Å². The van der Waals surface area contributed by atoms with Gasteiger partial charge in [-0.05, 0) is 66.6 Å². The van der Waals surface area contributed by atoms with E-state index in [0.717, 1.165) is 34.7 Å². The number of anilines is 1. The molecule has 2 N–H and O–H groups in total. The van der Waals surface area contributed by atoms with E-state index in [2.05, 4.69) is 42.3 Å². The summed E-state index contributed by atoms with van der Waals surface area (Å²) in [6.45, 7) is 2.10. The van der Waals surface area contributed by atoms with Crippen LogP contribution in [-0.4, -0.2) is 22.6 Å². The summed E-state index contributed by atoms with van der Waals surface area (Å²) in [6.07, 6.45) is 2.88. The van der Waals surface area contributed by atoms with Crippen LogP contribution in [0.5, 0.6) is 11.5 Å². The van der Waals surface area contributed by atoms with E-state index in [-0.39, 0.29) is 4.90 Å². The Morgan fingerprint density at radius 3 is 1.69 bits per heavy atom. The van der Waals surface area contributed by atoms with Gasteiger partial charge in [0.1, 0.15) is 11.5 Å². The molecular formula is C25H26N2O4S. The normalized spacial score (nSPS) is 15.4. The summed E-state index contributed by atoms with van der Waals surface area (Å²) in [5.41, 5.74) is 3.72. The van der Waals surface area contributed by atoms with Crippen LogP contribution in [0.15, 0.2) is 89.5 Å². The number of methoxy groups -OCH3 is 2. The molecule has 0 aromatic heterocycles. The summed E-state index contributed by atoms with van der Waals surface area (Å²) in [7, 11) is -0.469. The van der Waals surface area contributed by atoms with Crippen molar-refractivity contribution >= 4 is 15.7 Å². The maximum absolute atomic E-state index is 11.7. The molecular weight excluding hydrogens is 424 g/mol. The van der Waals surface area contributed by atoms with Crippen LogP contribution in [-0.2, 0) is 15.6 Å². The molecule has 0 spiro atoms. The van der Waals surface area contributed by atoms with Crippen molar-refractivity contribution in [1.29, 1.82) is 0 Å². The zero-order valence-electron chi connectivity index (χ0n) is 18.3. The smallest absolute Gasteiger partial charge is 0.238 e. The van der Waals surface area contributed by atoms with Gasteiger partial charge < -0.3 is 14.4 Å². The highest BCUT2D eigenvalue weighted by molar-refractivity contribution is 7.89. The number of nitrogens with zero attached hydrogens (tertiary/aromatic N) is 1. The fourth-order valence-electron chi connectivity index (χ4n) is 4.34. The lowest BCUT2D eigenvalue weighted by atomic mass is 9.79. The van der Waals surface area contributed by atoms with Crippen LogP contribution < -0.4 is 19.5 Å². The molecule has 0 aliphatic carbocycles. The number of hydrogen-bond donors (Lipinski definition) is 1. The van der Waals surface area contributed by atoms with Crippen molar-refractivity contribution in [3.05, 3.63) is 95.7 Å². The molecule has 0 radical (unpaired) electrons. The molecule has 3 aromatic carbocycles. The minimum atomic E-state index is -3.76. The number of primary sulfonamides is 1. The van der Waals surface area contributed by atoms with Crippen molar-refractivity contribution in [2.24, 2.45) is 5.14 Å². The Hall–Kier alpha value is -3.29. The van der Waals surface area contributed by atoms with Gasteiger partial charge in [0.2, 0.25) is 10.0 Å². The van der Waals surface area contributed by atoms with Gasteiger partial charge in [0.25, 0.3) is 0 Å². The second-order valence-electron chi connectivity index (χ2n) is 7.88. The Labute approximate surface area is 188 Å². The minimum absolute atomic E-state index is 0.0839. The number of benzene rings is 3. The fourth-order valence-corrected chi connectivity index (χ4v) is 4.85. The highest BCUT2D eigenvalue weighted by atomic mass is 32.2. The molecule has 1 aliphatic rings. The van der Waals surface area contributed by atoms with Crippen LogP contribution in [0.4, 0.5) is 5.69 Å². The molecule has 4 rings (SSSR count). The van der Waals surface area contributed by atoms with E-state index in [1.54, 1.807) is 38.5 Å². The molecule has 0 amide bonds. The summed E-state index contributed by atoms with van der Waals surface area (Å²) in [6, 6.07) is 22.8. The van der Waals surface area contributed by atoms with Gasteiger partial charge in [-0.3, -0.25) is 0 Å². The topological polar surface area (TPSA) is 81.9 Å². The molecule has 0 bridgehead atoms. The van der Waals surface area contributed by atoms with Crippen molar-refractivity contribution in [2.45, 2.75) is 23.8 Å². The van der Waals surface area contributed by atoms with Crippen molar-refractivity contribution < 1.29 is 17.9 Å². The predicted molar refractivity (Wildman–Crippen MR) is 125 cm³/mol. The first-order valence-corrected chi connectivity index (χ1v) is 11.7. The van der Waals surface area contributed by atoms with E-state index in [0.29, 0.717) is 0 Å². The largest absolute Gasteiger partial charge is 0.497 e. The molecule has 0 saturated heterocycles. The first kappa shape index (κ1) is 21.9. The molecule has 1 aliphatic heterocycles. The molecule has 0 atom stereocenters. The SMILES string of the molecule is COc1ccc(C2(c3ccc(OC)cc3)CC(C)=CN2c2ccc(S(N)(=O)=O)cc2)cc1. The van der Waals surface area contributed by atoms with Gasteiger partial charge in [-0.2, -0.15) is 0 Å². The summed E-state index contributed by atoms with van der Waals surface area (Å²) in [5, 5.41) is 5.30. The van der Waals surface area contributed by atoms with Gasteiger partial charge in [-0.25, -0.2) is 13.6 Å². The third-order valence-corrected chi connectivity index (χ3v) is 6.80. The van der Waals surface area contributed by atoms with Gasteiger partial charge in [-0.15, -0.1) is 0 Å². The number of nitrogens with two attached hydrogens (primary N) is 1. The van der Waals surface area contributed by atoms with Gasteiger partial charge >= 0.3 is 0 Å². The average Bonchev–Trinajstić information content (AvgIpc) is 3.17. The van der Waals surface area contributed by atoms with Gasteiger partial charge in [0, 0.05) is 18.3 Å². The van der Waals surface area contributed by atoms with E-state index in [4.69, 9.17) is 14.6 Å². The van der Waals surface area contributed by atoms with Crippen molar-refractivity contribution in [1.82, 2.24) is 0 Å². The third-order valence-electron chi connectivity index (χ3n) is 5.87. The number of rotatable bonds is 6. The molecule has 32 heavy (non-hydrogen) atoms. The highest BCUT2D eigenvalue weighted by Gasteiger charge is 2.44. The zero-order chi connectivity index (χ0) is 22.9. The number of ether oxygens (including phenoxy) is 2. The summed E-state index contributed by atoms with van der Waals surface area (Å²) >= 11 is 0. The van der Waals surface area contributed by atoms with E-state index < -0.39 is 15.6 Å². The van der Waals surface area contributed by atoms with Crippen LogP contribution >= 0.6 is 0 Å². The first-order valence-electron chi connectivity index (χ1n) is 10.2. The van der Waals surface area contributed by atoms with Crippen LogP contribution in [0.3, 0.4) is 0 Å². The van der Waals surface area contributed by atoms with Crippen molar-refractivity contribution in [2.75, 3.05) is 19.1 Å². The summed E-state index contributed by atoms with van der Waals surface area (Å²) in [4.78, 5) is 2.28. The molecule has 0 unspecified atom stereocenters. The molecule has 166 valence electrons. The quantitative estimate of drug-likeness (QED) is 0.602. The maximum Gasteiger partial charge on any atom is 0.238 e. The Morgan fingerprint density at radius 2 is 1.28 bits per heavy atom. The lowest BCUT2D eigenvalue weighted by Gasteiger charge is -2.41. The number of sulfonamides is 1. The van der Waals surface area contributed by atoms with Crippen LogP contribution in [0.2, 0.25) is 0 Å². The van der Waals surface area contributed by atoms with Crippen LogP contribution in [0.1, 0.15) is 24.5 Å². The van der Waals surface area contributed by atoms with Gasteiger partial charge in [0.05, 0.1) is 24.7 Å². The lowest BCUT2D eigenvalue weighted by molar-refractivity contribution is 0.413. The zero-order valence-corrected chi connectivity index (χ0v) is 19.1.